The Morgan fingerprint density at radius 1 is 1.21 bits per heavy atom. The third kappa shape index (κ3) is 3.37. The van der Waals surface area contributed by atoms with Crippen LogP contribution in [0.25, 0.3) is 0 Å². The number of benzene rings is 1. The van der Waals surface area contributed by atoms with Crippen molar-refractivity contribution in [1.82, 2.24) is 14.9 Å². The summed E-state index contributed by atoms with van der Waals surface area (Å²) in [4.78, 5) is 37.5. The van der Waals surface area contributed by atoms with Crippen molar-refractivity contribution in [2.45, 2.75) is 52.1 Å². The van der Waals surface area contributed by atoms with Crippen molar-refractivity contribution >= 4 is 17.6 Å². The number of hydrogen-bond donors (Lipinski definition) is 0. The summed E-state index contributed by atoms with van der Waals surface area (Å²) < 4.78 is 13.2. The minimum absolute atomic E-state index is 0.00396. The van der Waals surface area contributed by atoms with Crippen molar-refractivity contribution in [3.8, 4) is 0 Å². The zero-order valence-electron chi connectivity index (χ0n) is 16.1. The molecule has 0 saturated carbocycles. The normalized spacial score (nSPS) is 19.1. The van der Waals surface area contributed by atoms with Crippen LogP contribution in [0.1, 0.15) is 54.9 Å². The molecule has 2 amide bonds. The molecule has 4 rings (SSSR count). The second-order valence-electron chi connectivity index (χ2n) is 7.45. The number of nitrogens with zero attached hydrogens (tertiary/aromatic N) is 4. The molecule has 146 valence electrons. The minimum atomic E-state index is -0.305. The van der Waals surface area contributed by atoms with Gasteiger partial charge in [0.25, 0.3) is 0 Å². The number of hydrogen-bond acceptors (Lipinski definition) is 4. The highest BCUT2D eigenvalue weighted by Gasteiger charge is 2.34. The van der Waals surface area contributed by atoms with Gasteiger partial charge in [-0.1, -0.05) is 12.1 Å². The van der Waals surface area contributed by atoms with Crippen LogP contribution in [-0.2, 0) is 22.6 Å². The summed E-state index contributed by atoms with van der Waals surface area (Å²) in [6.45, 7) is 4.54. The molecule has 1 fully saturated rings. The summed E-state index contributed by atoms with van der Waals surface area (Å²) in [6, 6.07) is 6.00. The Labute approximate surface area is 163 Å². The minimum Gasteiger partial charge on any atom is -0.333 e. The van der Waals surface area contributed by atoms with E-state index >= 15 is 0 Å². The highest BCUT2D eigenvalue weighted by Crippen LogP contribution is 2.35. The van der Waals surface area contributed by atoms with Crippen molar-refractivity contribution < 1.29 is 14.0 Å². The molecule has 1 saturated heterocycles. The molecule has 7 heteroatoms. The van der Waals surface area contributed by atoms with Crippen molar-refractivity contribution in [2.75, 3.05) is 11.4 Å². The van der Waals surface area contributed by atoms with Gasteiger partial charge in [-0.15, -0.1) is 0 Å². The topological polar surface area (TPSA) is 66.4 Å². The Kier molecular flexibility index (Phi) is 4.83. The summed E-state index contributed by atoms with van der Waals surface area (Å²) >= 11 is 0. The molecule has 0 spiro atoms. The molecular formula is C21H23FN4O2. The first-order valence-electron chi connectivity index (χ1n) is 9.63. The molecule has 0 N–H and O–H groups in total. The third-order valence-electron chi connectivity index (χ3n) is 5.56. The van der Waals surface area contributed by atoms with Crippen LogP contribution in [0.4, 0.5) is 10.2 Å². The van der Waals surface area contributed by atoms with Gasteiger partial charge < -0.3 is 4.90 Å². The van der Waals surface area contributed by atoms with E-state index in [9.17, 15) is 14.0 Å². The van der Waals surface area contributed by atoms with Crippen LogP contribution >= 0.6 is 0 Å². The standard InChI is InChI=1S/C21H23FN4O2/c1-13-17-9-10-19(28)26(12-15-5-7-16(22)8-6-15)21(17)24-20(23-13)18-4-3-11-25(18)14(2)27/h5-8,18H,3-4,9-12H2,1-2H3. The predicted octanol–water partition coefficient (Wildman–Crippen LogP) is 3.09. The van der Waals surface area contributed by atoms with Gasteiger partial charge in [-0.2, -0.15) is 0 Å². The molecule has 1 aromatic heterocycles. The van der Waals surface area contributed by atoms with Crippen molar-refractivity contribution in [3.63, 3.8) is 0 Å². The van der Waals surface area contributed by atoms with Crippen LogP contribution in [-0.4, -0.2) is 33.2 Å². The molecule has 1 aromatic carbocycles. The van der Waals surface area contributed by atoms with Gasteiger partial charge in [-0.05, 0) is 43.9 Å². The number of carbonyl (C=O) groups is 2. The number of aryl methyl sites for hydroxylation is 1. The lowest BCUT2D eigenvalue weighted by Gasteiger charge is -2.31. The van der Waals surface area contributed by atoms with Crippen molar-refractivity contribution in [3.05, 3.63) is 52.7 Å². The molecule has 6 nitrogen and oxygen atoms in total. The second-order valence-corrected chi connectivity index (χ2v) is 7.45. The first-order chi connectivity index (χ1) is 13.4. The van der Waals surface area contributed by atoms with Crippen LogP contribution in [0.2, 0.25) is 0 Å². The molecule has 2 aliphatic rings. The summed E-state index contributed by atoms with van der Waals surface area (Å²) in [5, 5.41) is 0. The second kappa shape index (κ2) is 7.30. The number of anilines is 1. The number of halogens is 1. The zero-order chi connectivity index (χ0) is 19.8. The molecule has 1 unspecified atom stereocenters. The maximum absolute atomic E-state index is 13.2. The highest BCUT2D eigenvalue weighted by molar-refractivity contribution is 5.95. The van der Waals surface area contributed by atoms with Gasteiger partial charge in [-0.3, -0.25) is 14.5 Å². The van der Waals surface area contributed by atoms with Crippen LogP contribution in [0, 0.1) is 12.7 Å². The fourth-order valence-corrected chi connectivity index (χ4v) is 4.10. The van der Waals surface area contributed by atoms with Gasteiger partial charge in [0.1, 0.15) is 11.6 Å². The number of carbonyl (C=O) groups excluding carboxylic acids is 2. The van der Waals surface area contributed by atoms with Crippen LogP contribution < -0.4 is 4.90 Å². The molecule has 2 aliphatic heterocycles. The lowest BCUT2D eigenvalue weighted by molar-refractivity contribution is -0.129. The molecule has 0 radical (unpaired) electrons. The summed E-state index contributed by atoms with van der Waals surface area (Å²) in [5.74, 6) is 0.929. The predicted molar refractivity (Wildman–Crippen MR) is 102 cm³/mol. The van der Waals surface area contributed by atoms with Crippen LogP contribution in [0.3, 0.4) is 0 Å². The maximum Gasteiger partial charge on any atom is 0.228 e. The van der Waals surface area contributed by atoms with Gasteiger partial charge in [0.2, 0.25) is 11.8 Å². The van der Waals surface area contributed by atoms with E-state index in [1.54, 1.807) is 28.9 Å². The number of aromatic nitrogens is 2. The SMILES string of the molecule is CC(=O)N1CCCC1c1nc(C)c2c(n1)N(Cc1ccc(F)cc1)C(=O)CC2. The zero-order valence-corrected chi connectivity index (χ0v) is 16.1. The monoisotopic (exact) mass is 382 g/mol. The summed E-state index contributed by atoms with van der Waals surface area (Å²) in [6.07, 6.45) is 2.76. The molecule has 3 heterocycles. The molecular weight excluding hydrogens is 359 g/mol. The fraction of sp³-hybridized carbons (Fsp3) is 0.429. The average Bonchev–Trinajstić information content (AvgIpc) is 3.16. The van der Waals surface area contributed by atoms with E-state index in [1.165, 1.54) is 12.1 Å². The Morgan fingerprint density at radius 3 is 2.68 bits per heavy atom. The number of likely N-dealkylation sites (tertiary alicyclic amines) is 1. The van der Waals surface area contributed by atoms with Crippen LogP contribution in [0.5, 0.6) is 0 Å². The van der Waals surface area contributed by atoms with E-state index in [0.29, 0.717) is 37.6 Å². The van der Waals surface area contributed by atoms with E-state index < -0.39 is 0 Å². The maximum atomic E-state index is 13.2. The van der Waals surface area contributed by atoms with Gasteiger partial charge in [0.15, 0.2) is 5.82 Å². The Morgan fingerprint density at radius 2 is 1.96 bits per heavy atom. The lowest BCUT2D eigenvalue weighted by atomic mass is 10.0. The highest BCUT2D eigenvalue weighted by atomic mass is 19.1. The van der Waals surface area contributed by atoms with E-state index in [0.717, 1.165) is 29.7 Å². The van der Waals surface area contributed by atoms with Gasteiger partial charge in [0.05, 0.1) is 12.6 Å². The first kappa shape index (κ1) is 18.5. The number of fused-ring (bicyclic) bond motifs is 1. The lowest BCUT2D eigenvalue weighted by Crippen LogP contribution is -2.37. The molecule has 28 heavy (non-hydrogen) atoms. The van der Waals surface area contributed by atoms with Gasteiger partial charge >= 0.3 is 0 Å². The van der Waals surface area contributed by atoms with Crippen LogP contribution in [0.15, 0.2) is 24.3 Å². The quantitative estimate of drug-likeness (QED) is 0.818. The Balaban J connectivity index is 1.72. The summed E-state index contributed by atoms with van der Waals surface area (Å²) in [7, 11) is 0. The van der Waals surface area contributed by atoms with E-state index in [-0.39, 0.29) is 23.7 Å². The smallest absolute Gasteiger partial charge is 0.228 e. The molecule has 0 bridgehead atoms. The molecule has 1 atom stereocenters. The Bertz CT molecular complexity index is 929. The average molecular weight is 382 g/mol. The van der Waals surface area contributed by atoms with Crippen molar-refractivity contribution in [1.29, 1.82) is 0 Å². The molecule has 2 aromatic rings. The third-order valence-corrected chi connectivity index (χ3v) is 5.56. The number of amides is 2. The first-order valence-corrected chi connectivity index (χ1v) is 9.63. The molecule has 0 aliphatic carbocycles. The summed E-state index contributed by atoms with van der Waals surface area (Å²) in [5.41, 5.74) is 2.66. The van der Waals surface area contributed by atoms with E-state index in [4.69, 9.17) is 4.98 Å². The Hall–Kier alpha value is -2.83. The van der Waals surface area contributed by atoms with E-state index in [2.05, 4.69) is 4.98 Å². The number of rotatable bonds is 3. The van der Waals surface area contributed by atoms with Gasteiger partial charge in [0, 0.05) is 31.1 Å². The van der Waals surface area contributed by atoms with E-state index in [1.807, 2.05) is 6.92 Å². The van der Waals surface area contributed by atoms with Gasteiger partial charge in [-0.25, -0.2) is 14.4 Å². The fourth-order valence-electron chi connectivity index (χ4n) is 4.10. The van der Waals surface area contributed by atoms with Crippen molar-refractivity contribution in [2.24, 2.45) is 0 Å². The largest absolute Gasteiger partial charge is 0.333 e.